The highest BCUT2D eigenvalue weighted by Crippen LogP contribution is 2.21. The van der Waals surface area contributed by atoms with Gasteiger partial charge in [0.05, 0.1) is 0 Å². The highest BCUT2D eigenvalue weighted by Gasteiger charge is 2.31. The maximum absolute atomic E-state index is 2.61. The Morgan fingerprint density at radius 1 is 0.371 bits per heavy atom. The van der Waals surface area contributed by atoms with Crippen molar-refractivity contribution in [1.82, 2.24) is 0 Å². The van der Waals surface area contributed by atoms with Crippen LogP contribution in [0, 0.1) is 0 Å². The molecule has 176 valence electrons. The van der Waals surface area contributed by atoms with E-state index in [1.54, 1.807) is 21.5 Å². The van der Waals surface area contributed by atoms with Crippen LogP contribution < -0.4 is 10.4 Å². The van der Waals surface area contributed by atoms with E-state index in [2.05, 4.69) is 98.0 Å². The molecule has 0 spiro atoms. The summed E-state index contributed by atoms with van der Waals surface area (Å²) < 4.78 is 0. The topological polar surface area (TPSA) is 0 Å². The van der Waals surface area contributed by atoms with E-state index in [9.17, 15) is 0 Å². The standard InChI is InChI=1S/C34H36Si/c1-35(2,33-23-29-13-11-25-3-7-27(8-4-25)15-19-31(33)21-17-29)34-24-30-14-12-26-5-9-28(10-6-26)16-20-32(34)22-18-30/h3-10,17-18,21-24H,11-16,19-20H2,1-2H3. The van der Waals surface area contributed by atoms with Crippen LogP contribution in [0.25, 0.3) is 0 Å². The third-order valence-corrected chi connectivity index (χ3v) is 12.1. The van der Waals surface area contributed by atoms with Gasteiger partial charge in [-0.3, -0.25) is 0 Å². The lowest BCUT2D eigenvalue weighted by Crippen LogP contribution is -2.56. The number of rotatable bonds is 2. The molecule has 0 nitrogen and oxygen atoms in total. The van der Waals surface area contributed by atoms with Crippen molar-refractivity contribution in [3.8, 4) is 0 Å². The summed E-state index contributed by atoms with van der Waals surface area (Å²) in [5, 5.41) is 3.33. The van der Waals surface area contributed by atoms with E-state index in [0.29, 0.717) is 0 Å². The second-order valence-electron chi connectivity index (χ2n) is 11.2. The second kappa shape index (κ2) is 9.28. The second-order valence-corrected chi connectivity index (χ2v) is 15.6. The van der Waals surface area contributed by atoms with Gasteiger partial charge in [0, 0.05) is 0 Å². The van der Waals surface area contributed by atoms with Crippen LogP contribution in [0.1, 0.15) is 44.5 Å². The Balaban J connectivity index is 1.42. The molecule has 35 heavy (non-hydrogen) atoms. The zero-order valence-electron chi connectivity index (χ0n) is 21.2. The first-order valence-corrected chi connectivity index (χ1v) is 16.4. The summed E-state index contributed by atoms with van der Waals surface area (Å²) in [4.78, 5) is 0. The molecule has 0 atom stereocenters. The van der Waals surface area contributed by atoms with Crippen LogP contribution in [-0.2, 0) is 51.4 Å². The van der Waals surface area contributed by atoms with Gasteiger partial charge >= 0.3 is 0 Å². The SMILES string of the molecule is C[Si](C)(c1cc2ccc1CCc1ccc(cc1)CC2)c1cc2ccc1CCc1ccc(cc1)CC2. The fraction of sp³-hybridized carbons (Fsp3) is 0.294. The van der Waals surface area contributed by atoms with Crippen molar-refractivity contribution in [2.75, 3.05) is 0 Å². The Hall–Kier alpha value is -2.90. The zero-order valence-corrected chi connectivity index (χ0v) is 22.2. The summed E-state index contributed by atoms with van der Waals surface area (Å²) in [7, 11) is -1.90. The monoisotopic (exact) mass is 472 g/mol. The lowest BCUT2D eigenvalue weighted by Gasteiger charge is -2.31. The first-order chi connectivity index (χ1) is 17.0. The van der Waals surface area contributed by atoms with Gasteiger partial charge in [-0.1, -0.05) is 108 Å². The molecular weight excluding hydrogens is 436 g/mol. The van der Waals surface area contributed by atoms with Gasteiger partial charge in [0.1, 0.15) is 8.07 Å². The first-order valence-electron chi connectivity index (χ1n) is 13.4. The molecule has 8 aliphatic carbocycles. The molecule has 4 aromatic rings. The van der Waals surface area contributed by atoms with Gasteiger partial charge < -0.3 is 0 Å². The number of aryl methyl sites for hydroxylation is 8. The maximum atomic E-state index is 2.61. The molecule has 8 bridgehead atoms. The first kappa shape index (κ1) is 22.6. The molecule has 0 heterocycles. The van der Waals surface area contributed by atoms with E-state index in [0.717, 1.165) is 51.4 Å². The summed E-state index contributed by atoms with van der Waals surface area (Å²) in [5.74, 6) is 0. The average Bonchev–Trinajstić information content (AvgIpc) is 2.87. The van der Waals surface area contributed by atoms with Gasteiger partial charge in [-0.05, 0) is 95.9 Å². The average molecular weight is 473 g/mol. The molecule has 12 rings (SSSR count). The quantitative estimate of drug-likeness (QED) is 0.301. The summed E-state index contributed by atoms with van der Waals surface area (Å²) in [6.45, 7) is 5.22. The van der Waals surface area contributed by atoms with Crippen LogP contribution in [0.5, 0.6) is 0 Å². The fourth-order valence-electron chi connectivity index (χ4n) is 6.18. The molecule has 0 unspecified atom stereocenters. The van der Waals surface area contributed by atoms with Crippen molar-refractivity contribution in [3.05, 3.63) is 129 Å². The Kier molecular flexibility index (Phi) is 5.98. The minimum Gasteiger partial charge on any atom is -0.0616 e. The minimum atomic E-state index is -1.90. The van der Waals surface area contributed by atoms with Crippen molar-refractivity contribution in [2.24, 2.45) is 0 Å². The molecule has 0 amide bonds. The summed E-state index contributed by atoms with van der Waals surface area (Å²) >= 11 is 0. The maximum Gasteiger partial charge on any atom is 0.112 e. The Labute approximate surface area is 212 Å². The van der Waals surface area contributed by atoms with Crippen LogP contribution in [0.2, 0.25) is 13.1 Å². The van der Waals surface area contributed by atoms with E-state index in [-0.39, 0.29) is 0 Å². The number of benzene rings is 4. The largest absolute Gasteiger partial charge is 0.112 e. The highest BCUT2D eigenvalue weighted by atomic mass is 28.3. The highest BCUT2D eigenvalue weighted by molar-refractivity contribution is 7.01. The van der Waals surface area contributed by atoms with Crippen LogP contribution in [0.4, 0.5) is 0 Å². The van der Waals surface area contributed by atoms with Crippen LogP contribution in [0.3, 0.4) is 0 Å². The molecule has 8 aliphatic rings. The summed E-state index contributed by atoms with van der Waals surface area (Å²) in [5.41, 5.74) is 12.0. The predicted octanol–water partition coefficient (Wildman–Crippen LogP) is 6.28. The number of hydrogen-bond donors (Lipinski definition) is 0. The molecule has 0 fully saturated rings. The Morgan fingerprint density at radius 2 is 0.657 bits per heavy atom. The van der Waals surface area contributed by atoms with Crippen molar-refractivity contribution < 1.29 is 0 Å². The molecule has 0 saturated heterocycles. The van der Waals surface area contributed by atoms with Gasteiger partial charge in [-0.25, -0.2) is 0 Å². The van der Waals surface area contributed by atoms with Crippen LogP contribution in [0.15, 0.2) is 84.9 Å². The molecule has 0 radical (unpaired) electrons. The van der Waals surface area contributed by atoms with E-state index in [1.165, 1.54) is 33.4 Å². The molecule has 0 aliphatic heterocycles. The Morgan fingerprint density at radius 3 is 1.03 bits per heavy atom. The molecule has 4 aromatic carbocycles. The van der Waals surface area contributed by atoms with E-state index >= 15 is 0 Å². The minimum absolute atomic E-state index is 1.12. The van der Waals surface area contributed by atoms with Crippen LogP contribution >= 0.6 is 0 Å². The van der Waals surface area contributed by atoms with Crippen molar-refractivity contribution >= 4 is 18.4 Å². The zero-order chi connectivity index (χ0) is 23.8. The van der Waals surface area contributed by atoms with Gasteiger partial charge in [-0.2, -0.15) is 0 Å². The van der Waals surface area contributed by atoms with Gasteiger partial charge in [0.2, 0.25) is 0 Å². The summed E-state index contributed by atoms with van der Waals surface area (Å²) in [6, 6.07) is 33.7. The fourth-order valence-corrected chi connectivity index (χ4v) is 9.59. The lowest BCUT2D eigenvalue weighted by atomic mass is 9.96. The van der Waals surface area contributed by atoms with Crippen LogP contribution in [-0.4, -0.2) is 8.07 Å². The molecule has 0 saturated carbocycles. The molecule has 0 aromatic heterocycles. The van der Waals surface area contributed by atoms with Crippen molar-refractivity contribution in [1.29, 1.82) is 0 Å². The van der Waals surface area contributed by atoms with Gasteiger partial charge in [-0.15, -0.1) is 0 Å². The van der Waals surface area contributed by atoms with E-state index in [1.807, 2.05) is 0 Å². The third-order valence-electron chi connectivity index (χ3n) is 8.51. The normalized spacial score (nSPS) is 15.4. The lowest BCUT2D eigenvalue weighted by molar-refractivity contribution is 0.923. The van der Waals surface area contributed by atoms with Gasteiger partial charge in [0.25, 0.3) is 0 Å². The van der Waals surface area contributed by atoms with Crippen molar-refractivity contribution in [2.45, 2.75) is 64.5 Å². The summed E-state index contributed by atoms with van der Waals surface area (Å²) in [6.07, 6.45) is 9.01. The predicted molar refractivity (Wildman–Crippen MR) is 152 cm³/mol. The third kappa shape index (κ3) is 4.67. The molecule has 0 N–H and O–H groups in total. The number of hydrogen-bond acceptors (Lipinski definition) is 0. The van der Waals surface area contributed by atoms with E-state index in [4.69, 9.17) is 0 Å². The smallest absolute Gasteiger partial charge is 0.0616 e. The van der Waals surface area contributed by atoms with Gasteiger partial charge in [0.15, 0.2) is 0 Å². The molecule has 1 heteroatoms. The van der Waals surface area contributed by atoms with E-state index < -0.39 is 8.07 Å². The Bertz CT molecular complexity index is 1240. The van der Waals surface area contributed by atoms with Crippen molar-refractivity contribution in [3.63, 3.8) is 0 Å². The molecular formula is C34H36Si.